The highest BCUT2D eigenvalue weighted by atomic mass is 16.5. The summed E-state index contributed by atoms with van der Waals surface area (Å²) in [5.74, 6) is 0.472. The highest BCUT2D eigenvalue weighted by Gasteiger charge is 2.06. The van der Waals surface area contributed by atoms with Crippen molar-refractivity contribution in [3.63, 3.8) is 0 Å². The van der Waals surface area contributed by atoms with Crippen LogP contribution in [-0.4, -0.2) is 12.5 Å². The molecule has 4 heteroatoms. The number of aryl methyl sites for hydroxylation is 1. The van der Waals surface area contributed by atoms with Crippen LogP contribution in [0.3, 0.4) is 0 Å². The molecule has 0 aliphatic carbocycles. The maximum absolute atomic E-state index is 11.9. The first-order valence-electron chi connectivity index (χ1n) is 6.90. The summed E-state index contributed by atoms with van der Waals surface area (Å²) in [6, 6.07) is 15.1. The van der Waals surface area contributed by atoms with Crippen LogP contribution >= 0.6 is 0 Å². The van der Waals surface area contributed by atoms with Gasteiger partial charge in [0.05, 0.1) is 0 Å². The summed E-state index contributed by atoms with van der Waals surface area (Å²) in [6.45, 7) is 3.85. The van der Waals surface area contributed by atoms with E-state index in [9.17, 15) is 4.79 Å². The van der Waals surface area contributed by atoms with Gasteiger partial charge in [0.1, 0.15) is 5.75 Å². The van der Waals surface area contributed by atoms with Crippen molar-refractivity contribution < 1.29 is 9.53 Å². The lowest BCUT2D eigenvalue weighted by Crippen LogP contribution is -2.20. The minimum atomic E-state index is -0.180. The molecule has 0 saturated heterocycles. The number of hydrogen-bond acceptors (Lipinski definition) is 3. The van der Waals surface area contributed by atoms with E-state index in [0.717, 1.165) is 16.8 Å². The summed E-state index contributed by atoms with van der Waals surface area (Å²) in [5.41, 5.74) is 8.64. The van der Waals surface area contributed by atoms with Gasteiger partial charge in [0, 0.05) is 11.7 Å². The molecule has 0 radical (unpaired) electrons. The van der Waals surface area contributed by atoms with Gasteiger partial charge in [-0.1, -0.05) is 30.3 Å². The maximum atomic E-state index is 11.9. The summed E-state index contributed by atoms with van der Waals surface area (Å²) < 4.78 is 5.46. The third-order valence-electron chi connectivity index (χ3n) is 3.19. The van der Waals surface area contributed by atoms with E-state index in [-0.39, 0.29) is 18.6 Å². The van der Waals surface area contributed by atoms with Crippen molar-refractivity contribution in [1.82, 2.24) is 0 Å². The first kappa shape index (κ1) is 15.1. The second-order valence-electron chi connectivity index (χ2n) is 5.01. The van der Waals surface area contributed by atoms with Crippen LogP contribution in [0.5, 0.6) is 5.75 Å². The summed E-state index contributed by atoms with van der Waals surface area (Å²) in [7, 11) is 0. The zero-order chi connectivity index (χ0) is 15.2. The lowest BCUT2D eigenvalue weighted by Gasteiger charge is -2.10. The molecule has 1 atom stereocenters. The Labute approximate surface area is 124 Å². The molecule has 0 aromatic heterocycles. The molecule has 0 saturated carbocycles. The van der Waals surface area contributed by atoms with Gasteiger partial charge in [-0.2, -0.15) is 0 Å². The third-order valence-corrected chi connectivity index (χ3v) is 3.19. The Hall–Kier alpha value is -2.33. The molecule has 21 heavy (non-hydrogen) atoms. The van der Waals surface area contributed by atoms with E-state index >= 15 is 0 Å². The molecular formula is C17H20N2O2. The Morgan fingerprint density at radius 2 is 1.86 bits per heavy atom. The van der Waals surface area contributed by atoms with E-state index < -0.39 is 0 Å². The molecule has 2 aromatic rings. The molecule has 0 aliphatic rings. The number of carbonyl (C=O) groups excluding carboxylic acids is 1. The monoisotopic (exact) mass is 284 g/mol. The molecule has 0 aliphatic heterocycles. The number of hydrogen-bond donors (Lipinski definition) is 2. The molecule has 1 amide bonds. The second-order valence-corrected chi connectivity index (χ2v) is 5.01. The number of anilines is 1. The maximum Gasteiger partial charge on any atom is 0.262 e. The van der Waals surface area contributed by atoms with Gasteiger partial charge >= 0.3 is 0 Å². The van der Waals surface area contributed by atoms with Gasteiger partial charge in [0.25, 0.3) is 5.91 Å². The van der Waals surface area contributed by atoms with Gasteiger partial charge in [-0.25, -0.2) is 0 Å². The Kier molecular flexibility index (Phi) is 4.95. The van der Waals surface area contributed by atoms with Gasteiger partial charge in [-0.15, -0.1) is 0 Å². The number of benzene rings is 2. The molecule has 0 spiro atoms. The predicted molar refractivity (Wildman–Crippen MR) is 84.3 cm³/mol. The van der Waals surface area contributed by atoms with Gasteiger partial charge in [-0.3, -0.25) is 4.79 Å². The van der Waals surface area contributed by atoms with Crippen molar-refractivity contribution in [3.8, 4) is 5.75 Å². The van der Waals surface area contributed by atoms with E-state index in [0.29, 0.717) is 5.75 Å². The van der Waals surface area contributed by atoms with Crippen LogP contribution in [0.4, 0.5) is 5.69 Å². The average Bonchev–Trinajstić information content (AvgIpc) is 2.48. The van der Waals surface area contributed by atoms with Gasteiger partial charge in [0.15, 0.2) is 6.61 Å². The Bertz CT molecular complexity index is 606. The highest BCUT2D eigenvalue weighted by molar-refractivity contribution is 5.92. The van der Waals surface area contributed by atoms with Crippen LogP contribution in [0.2, 0.25) is 0 Å². The van der Waals surface area contributed by atoms with Crippen molar-refractivity contribution in [2.75, 3.05) is 11.9 Å². The number of amides is 1. The predicted octanol–water partition coefficient (Wildman–Crippen LogP) is 3.03. The van der Waals surface area contributed by atoms with Crippen molar-refractivity contribution in [3.05, 3.63) is 59.7 Å². The fourth-order valence-electron chi connectivity index (χ4n) is 1.92. The van der Waals surface area contributed by atoms with Crippen LogP contribution in [0, 0.1) is 6.92 Å². The molecule has 0 heterocycles. The first-order chi connectivity index (χ1) is 10.1. The fourth-order valence-corrected chi connectivity index (χ4v) is 1.92. The van der Waals surface area contributed by atoms with Crippen LogP contribution in [0.15, 0.2) is 48.5 Å². The standard InChI is InChI=1S/C17H20N2O2/c1-12-5-3-4-6-16(12)19-17(20)11-21-15-9-7-14(8-10-15)13(2)18/h3-10,13H,11,18H2,1-2H3,(H,19,20). The summed E-state index contributed by atoms with van der Waals surface area (Å²) in [6.07, 6.45) is 0. The Morgan fingerprint density at radius 1 is 1.19 bits per heavy atom. The Balaban J connectivity index is 1.88. The van der Waals surface area contributed by atoms with Crippen molar-refractivity contribution in [1.29, 1.82) is 0 Å². The largest absolute Gasteiger partial charge is 0.484 e. The molecule has 2 aromatic carbocycles. The number of carbonyl (C=O) groups is 1. The minimum Gasteiger partial charge on any atom is -0.484 e. The van der Waals surface area contributed by atoms with E-state index in [1.807, 2.05) is 62.4 Å². The van der Waals surface area contributed by atoms with Crippen molar-refractivity contribution >= 4 is 11.6 Å². The average molecular weight is 284 g/mol. The molecule has 0 fully saturated rings. The molecule has 4 nitrogen and oxygen atoms in total. The zero-order valence-corrected chi connectivity index (χ0v) is 12.3. The number of para-hydroxylation sites is 1. The van der Waals surface area contributed by atoms with Crippen molar-refractivity contribution in [2.45, 2.75) is 19.9 Å². The summed E-state index contributed by atoms with van der Waals surface area (Å²) in [4.78, 5) is 11.9. The quantitative estimate of drug-likeness (QED) is 0.887. The minimum absolute atomic E-state index is 0.0107. The van der Waals surface area contributed by atoms with E-state index in [1.165, 1.54) is 0 Å². The van der Waals surface area contributed by atoms with Crippen LogP contribution in [0.1, 0.15) is 24.1 Å². The van der Waals surface area contributed by atoms with Crippen LogP contribution < -0.4 is 15.8 Å². The van der Waals surface area contributed by atoms with Gasteiger partial charge in [-0.05, 0) is 43.2 Å². The van der Waals surface area contributed by atoms with Crippen molar-refractivity contribution in [2.24, 2.45) is 5.73 Å². The molecule has 2 rings (SSSR count). The molecule has 1 unspecified atom stereocenters. The first-order valence-corrected chi connectivity index (χ1v) is 6.90. The van der Waals surface area contributed by atoms with E-state index in [4.69, 9.17) is 10.5 Å². The SMILES string of the molecule is Cc1ccccc1NC(=O)COc1ccc(C(C)N)cc1. The van der Waals surface area contributed by atoms with Crippen LogP contribution in [-0.2, 0) is 4.79 Å². The molecule has 0 bridgehead atoms. The molecular weight excluding hydrogens is 264 g/mol. The summed E-state index contributed by atoms with van der Waals surface area (Å²) >= 11 is 0. The normalized spacial score (nSPS) is 11.8. The highest BCUT2D eigenvalue weighted by Crippen LogP contribution is 2.16. The Morgan fingerprint density at radius 3 is 2.48 bits per heavy atom. The fraction of sp³-hybridized carbons (Fsp3) is 0.235. The topological polar surface area (TPSA) is 64.3 Å². The number of rotatable bonds is 5. The number of nitrogens with one attached hydrogen (secondary N) is 1. The zero-order valence-electron chi connectivity index (χ0n) is 12.3. The van der Waals surface area contributed by atoms with E-state index in [2.05, 4.69) is 5.32 Å². The lowest BCUT2D eigenvalue weighted by atomic mass is 10.1. The van der Waals surface area contributed by atoms with Gasteiger partial charge < -0.3 is 15.8 Å². The third kappa shape index (κ3) is 4.33. The van der Waals surface area contributed by atoms with E-state index in [1.54, 1.807) is 0 Å². The number of ether oxygens (including phenoxy) is 1. The smallest absolute Gasteiger partial charge is 0.262 e. The van der Waals surface area contributed by atoms with Gasteiger partial charge in [0.2, 0.25) is 0 Å². The number of nitrogens with two attached hydrogens (primary N) is 1. The molecule has 3 N–H and O–H groups in total. The molecule has 110 valence electrons. The lowest BCUT2D eigenvalue weighted by molar-refractivity contribution is -0.118. The van der Waals surface area contributed by atoms with Crippen LogP contribution in [0.25, 0.3) is 0 Å². The summed E-state index contributed by atoms with van der Waals surface area (Å²) in [5, 5.41) is 2.83. The second kappa shape index (κ2) is 6.90.